The molecule has 0 aliphatic heterocycles. The van der Waals surface area contributed by atoms with Gasteiger partial charge in [-0.1, -0.05) is 19.3 Å². The third-order valence-electron chi connectivity index (χ3n) is 6.12. The first-order valence-electron chi connectivity index (χ1n) is 11.2. The molecule has 5 atom stereocenters. The van der Waals surface area contributed by atoms with Crippen LogP contribution in [0.2, 0.25) is 0 Å². The number of carbonyl (C=O) groups excluding carboxylic acids is 1. The molecular formula is C25H34F2O4. The fraction of sp³-hybridized carbons (Fsp3) is 0.600. The van der Waals surface area contributed by atoms with Crippen molar-refractivity contribution in [1.29, 1.82) is 0 Å². The summed E-state index contributed by atoms with van der Waals surface area (Å²) in [5, 5.41) is 30.9. The lowest BCUT2D eigenvalue weighted by Crippen LogP contribution is -2.23. The SMILES string of the molecule is CC(=O)CCCCCC[C@@H]1[C@@H](CCC(O)C=C=Cc2ccc(F)cc2F)[C@H](O)C[C@@H]1O. The number of rotatable bonds is 12. The number of halogens is 2. The van der Waals surface area contributed by atoms with Gasteiger partial charge in [0.15, 0.2) is 0 Å². The molecule has 1 aromatic rings. The number of ketones is 1. The molecule has 0 amide bonds. The number of benzene rings is 1. The molecule has 0 heterocycles. The molecule has 6 heteroatoms. The van der Waals surface area contributed by atoms with Crippen LogP contribution >= 0.6 is 0 Å². The molecule has 1 saturated carbocycles. The van der Waals surface area contributed by atoms with E-state index < -0.39 is 29.9 Å². The van der Waals surface area contributed by atoms with Crippen LogP contribution in [0.25, 0.3) is 6.08 Å². The second-order valence-electron chi connectivity index (χ2n) is 8.64. The fourth-order valence-corrected chi connectivity index (χ4v) is 4.40. The zero-order valence-electron chi connectivity index (χ0n) is 18.1. The average Bonchev–Trinajstić information content (AvgIpc) is 2.97. The minimum absolute atomic E-state index is 0.00263. The molecule has 1 aliphatic rings. The smallest absolute Gasteiger partial charge is 0.133 e. The normalized spacial score (nSPS) is 23.9. The van der Waals surface area contributed by atoms with Crippen molar-refractivity contribution in [2.75, 3.05) is 0 Å². The highest BCUT2D eigenvalue weighted by atomic mass is 19.1. The van der Waals surface area contributed by atoms with Gasteiger partial charge in [0.05, 0.1) is 18.3 Å². The van der Waals surface area contributed by atoms with Crippen molar-refractivity contribution in [2.45, 2.75) is 83.0 Å². The van der Waals surface area contributed by atoms with E-state index in [0.717, 1.165) is 44.2 Å². The minimum atomic E-state index is -0.808. The number of aliphatic hydroxyl groups is 3. The Kier molecular flexibility index (Phi) is 10.6. The Bertz CT molecular complexity index is 773. The van der Waals surface area contributed by atoms with Gasteiger partial charge >= 0.3 is 0 Å². The van der Waals surface area contributed by atoms with Crippen molar-refractivity contribution < 1.29 is 28.9 Å². The van der Waals surface area contributed by atoms with Crippen molar-refractivity contribution >= 4 is 11.9 Å². The predicted molar refractivity (Wildman–Crippen MR) is 116 cm³/mol. The molecule has 31 heavy (non-hydrogen) atoms. The maximum atomic E-state index is 13.6. The Morgan fingerprint density at radius 2 is 1.81 bits per heavy atom. The summed E-state index contributed by atoms with van der Waals surface area (Å²) in [7, 11) is 0. The Balaban J connectivity index is 1.80. The van der Waals surface area contributed by atoms with Gasteiger partial charge in [-0.2, -0.15) is 0 Å². The van der Waals surface area contributed by atoms with Gasteiger partial charge in [-0.15, -0.1) is 5.73 Å². The Hall–Kier alpha value is -1.85. The summed E-state index contributed by atoms with van der Waals surface area (Å²) >= 11 is 0. The van der Waals surface area contributed by atoms with E-state index in [1.165, 1.54) is 18.2 Å². The topological polar surface area (TPSA) is 77.8 Å². The molecule has 1 aromatic carbocycles. The van der Waals surface area contributed by atoms with E-state index in [-0.39, 0.29) is 23.2 Å². The van der Waals surface area contributed by atoms with Gasteiger partial charge in [-0.3, -0.25) is 0 Å². The van der Waals surface area contributed by atoms with Crippen LogP contribution in [-0.4, -0.2) is 39.4 Å². The monoisotopic (exact) mass is 436 g/mol. The van der Waals surface area contributed by atoms with Gasteiger partial charge in [0.25, 0.3) is 0 Å². The molecular weight excluding hydrogens is 402 g/mol. The van der Waals surface area contributed by atoms with E-state index >= 15 is 0 Å². The summed E-state index contributed by atoms with van der Waals surface area (Å²) in [6.07, 6.45) is 7.41. The van der Waals surface area contributed by atoms with Crippen LogP contribution in [-0.2, 0) is 4.79 Å². The zero-order chi connectivity index (χ0) is 22.8. The van der Waals surface area contributed by atoms with E-state index in [0.29, 0.717) is 25.7 Å². The maximum Gasteiger partial charge on any atom is 0.133 e. The van der Waals surface area contributed by atoms with Crippen molar-refractivity contribution in [3.05, 3.63) is 47.2 Å². The summed E-state index contributed by atoms with van der Waals surface area (Å²) in [4.78, 5) is 11.0. The largest absolute Gasteiger partial charge is 0.393 e. The molecule has 1 unspecified atom stereocenters. The van der Waals surface area contributed by atoms with E-state index in [1.54, 1.807) is 6.92 Å². The quantitative estimate of drug-likeness (QED) is 0.332. The minimum Gasteiger partial charge on any atom is -0.393 e. The van der Waals surface area contributed by atoms with Crippen LogP contribution in [0, 0.1) is 23.5 Å². The highest BCUT2D eigenvalue weighted by molar-refractivity contribution is 5.75. The van der Waals surface area contributed by atoms with E-state index in [4.69, 9.17) is 0 Å². The molecule has 0 saturated heterocycles. The van der Waals surface area contributed by atoms with Crippen LogP contribution in [0.3, 0.4) is 0 Å². The number of carbonyl (C=O) groups is 1. The lowest BCUT2D eigenvalue weighted by atomic mass is 9.85. The first kappa shape index (κ1) is 25.4. The van der Waals surface area contributed by atoms with Gasteiger partial charge < -0.3 is 20.1 Å². The fourth-order valence-electron chi connectivity index (χ4n) is 4.40. The zero-order valence-corrected chi connectivity index (χ0v) is 18.1. The second kappa shape index (κ2) is 12.9. The third-order valence-corrected chi connectivity index (χ3v) is 6.12. The van der Waals surface area contributed by atoms with Crippen LogP contribution in [0.1, 0.15) is 70.3 Å². The summed E-state index contributed by atoms with van der Waals surface area (Å²) in [6.45, 7) is 1.60. The average molecular weight is 437 g/mol. The predicted octanol–water partition coefficient (Wildman–Crippen LogP) is 4.56. The summed E-state index contributed by atoms with van der Waals surface area (Å²) < 4.78 is 26.5. The van der Waals surface area contributed by atoms with Crippen molar-refractivity contribution in [2.24, 2.45) is 11.8 Å². The Labute approximate surface area is 183 Å². The van der Waals surface area contributed by atoms with Gasteiger partial charge in [0.2, 0.25) is 0 Å². The molecule has 3 N–H and O–H groups in total. The van der Waals surface area contributed by atoms with Gasteiger partial charge in [-0.05, 0) is 75.1 Å². The number of hydrogen-bond acceptors (Lipinski definition) is 4. The van der Waals surface area contributed by atoms with Gasteiger partial charge in [0, 0.05) is 18.1 Å². The molecule has 1 fully saturated rings. The first-order chi connectivity index (χ1) is 14.8. The lowest BCUT2D eigenvalue weighted by Gasteiger charge is -2.24. The van der Waals surface area contributed by atoms with Gasteiger partial charge in [0.1, 0.15) is 17.4 Å². The molecule has 0 aromatic heterocycles. The molecule has 0 spiro atoms. The van der Waals surface area contributed by atoms with E-state index in [2.05, 4.69) is 5.73 Å². The van der Waals surface area contributed by atoms with Crippen LogP contribution in [0.4, 0.5) is 8.78 Å². The van der Waals surface area contributed by atoms with Crippen molar-refractivity contribution in [1.82, 2.24) is 0 Å². The molecule has 2 rings (SSSR count). The molecule has 4 nitrogen and oxygen atoms in total. The summed E-state index contributed by atoms with van der Waals surface area (Å²) in [5.41, 5.74) is 2.91. The molecule has 0 radical (unpaired) electrons. The standard InChI is InChI=1S/C25H34F2O4/c1-17(28)7-4-2-3-5-10-21-22(25(31)16-24(21)30)14-13-20(29)9-6-8-18-11-12-19(26)15-23(18)27/h8-9,11-12,15,20-22,24-25,29-31H,2-5,7,10,13-14,16H2,1H3/t6?,20?,21-,22-,24+,25-/m1/s1. The molecule has 0 bridgehead atoms. The Morgan fingerprint density at radius 1 is 1.13 bits per heavy atom. The lowest BCUT2D eigenvalue weighted by molar-refractivity contribution is -0.117. The van der Waals surface area contributed by atoms with E-state index in [1.807, 2.05) is 0 Å². The number of aliphatic hydroxyl groups excluding tert-OH is 3. The van der Waals surface area contributed by atoms with Crippen LogP contribution in [0.5, 0.6) is 0 Å². The first-order valence-corrected chi connectivity index (χ1v) is 11.2. The Morgan fingerprint density at radius 3 is 2.48 bits per heavy atom. The third kappa shape index (κ3) is 8.66. The van der Waals surface area contributed by atoms with Crippen LogP contribution in [0.15, 0.2) is 30.0 Å². The maximum absolute atomic E-state index is 13.6. The number of hydrogen-bond donors (Lipinski definition) is 3. The molecule has 1 aliphatic carbocycles. The number of unbranched alkanes of at least 4 members (excludes halogenated alkanes) is 3. The van der Waals surface area contributed by atoms with Crippen molar-refractivity contribution in [3.63, 3.8) is 0 Å². The number of Topliss-reactive ketones (excluding diaryl/α,β-unsaturated/α-hetero) is 1. The summed E-state index contributed by atoms with van der Waals surface area (Å²) in [6, 6.07) is 3.25. The van der Waals surface area contributed by atoms with Crippen molar-refractivity contribution in [3.8, 4) is 0 Å². The summed E-state index contributed by atoms with van der Waals surface area (Å²) in [5.74, 6) is -1.21. The highest BCUT2D eigenvalue weighted by Crippen LogP contribution is 2.39. The highest BCUT2D eigenvalue weighted by Gasteiger charge is 2.40. The van der Waals surface area contributed by atoms with Crippen LogP contribution < -0.4 is 0 Å². The van der Waals surface area contributed by atoms with E-state index in [9.17, 15) is 28.9 Å². The molecule has 172 valence electrons. The van der Waals surface area contributed by atoms with Gasteiger partial charge in [-0.25, -0.2) is 8.78 Å². The second-order valence-corrected chi connectivity index (χ2v) is 8.64.